The molecule has 2 aliphatic rings. The van der Waals surface area contributed by atoms with Gasteiger partial charge in [-0.3, -0.25) is 0 Å². The van der Waals surface area contributed by atoms with Gasteiger partial charge in [0.2, 0.25) is 0 Å². The van der Waals surface area contributed by atoms with E-state index in [4.69, 9.17) is 4.74 Å². The second kappa shape index (κ2) is 4.20. The first-order valence-electron chi connectivity index (χ1n) is 5.26. The highest BCUT2D eigenvalue weighted by Gasteiger charge is 2.31. The van der Waals surface area contributed by atoms with Gasteiger partial charge in [0.1, 0.15) is 0 Å². The number of rotatable bonds is 1. The van der Waals surface area contributed by atoms with E-state index < -0.39 is 0 Å². The molecule has 3 heteroatoms. The van der Waals surface area contributed by atoms with E-state index >= 15 is 0 Å². The lowest BCUT2D eigenvalue weighted by Crippen LogP contribution is -2.43. The molecule has 2 aliphatic heterocycles. The topological polar surface area (TPSA) is 21.3 Å². The molecule has 2 saturated heterocycles. The van der Waals surface area contributed by atoms with Gasteiger partial charge in [0.25, 0.3) is 0 Å². The maximum atomic E-state index is 5.85. The van der Waals surface area contributed by atoms with Gasteiger partial charge in [-0.05, 0) is 38.0 Å². The molecule has 0 amide bonds. The fraction of sp³-hybridized carbons (Fsp3) is 1.00. The van der Waals surface area contributed by atoms with Gasteiger partial charge in [0.15, 0.2) is 0 Å². The highest BCUT2D eigenvalue weighted by molar-refractivity contribution is 7.99. The Morgan fingerprint density at radius 3 is 2.69 bits per heavy atom. The number of hydrogen-bond acceptors (Lipinski definition) is 3. The lowest BCUT2D eigenvalue weighted by Gasteiger charge is -2.31. The van der Waals surface area contributed by atoms with Gasteiger partial charge in [0.05, 0.1) is 17.6 Å². The van der Waals surface area contributed by atoms with E-state index in [0.29, 0.717) is 17.6 Å². The van der Waals surface area contributed by atoms with Gasteiger partial charge < -0.3 is 10.1 Å². The SMILES string of the molecule is CC1CNC(C2CCC(C)O2)SC1. The van der Waals surface area contributed by atoms with Crippen LogP contribution in [0.1, 0.15) is 26.7 Å². The lowest BCUT2D eigenvalue weighted by molar-refractivity contribution is 0.0483. The van der Waals surface area contributed by atoms with E-state index in [-0.39, 0.29) is 0 Å². The second-order valence-corrected chi connectivity index (χ2v) is 5.50. The Balaban J connectivity index is 1.81. The van der Waals surface area contributed by atoms with Gasteiger partial charge in [0, 0.05) is 0 Å². The van der Waals surface area contributed by atoms with Crippen molar-refractivity contribution in [3.8, 4) is 0 Å². The summed E-state index contributed by atoms with van der Waals surface area (Å²) in [6.07, 6.45) is 3.42. The molecule has 2 rings (SSSR count). The van der Waals surface area contributed by atoms with Crippen LogP contribution in [0.3, 0.4) is 0 Å². The van der Waals surface area contributed by atoms with E-state index in [1.54, 1.807) is 0 Å². The van der Waals surface area contributed by atoms with Crippen LogP contribution >= 0.6 is 11.8 Å². The first kappa shape index (κ1) is 9.81. The van der Waals surface area contributed by atoms with Crippen molar-refractivity contribution < 1.29 is 4.74 Å². The van der Waals surface area contributed by atoms with Gasteiger partial charge in [-0.15, -0.1) is 11.8 Å². The van der Waals surface area contributed by atoms with Crippen molar-refractivity contribution in [1.29, 1.82) is 0 Å². The van der Waals surface area contributed by atoms with Gasteiger partial charge in [-0.25, -0.2) is 0 Å². The van der Waals surface area contributed by atoms with Crippen LogP contribution in [-0.2, 0) is 4.74 Å². The minimum atomic E-state index is 0.465. The first-order valence-corrected chi connectivity index (χ1v) is 6.31. The summed E-state index contributed by atoms with van der Waals surface area (Å²) in [4.78, 5) is 0. The molecule has 0 aromatic heterocycles. The minimum absolute atomic E-state index is 0.465. The van der Waals surface area contributed by atoms with Crippen molar-refractivity contribution in [3.05, 3.63) is 0 Å². The number of ether oxygens (including phenoxy) is 1. The average molecular weight is 201 g/mol. The van der Waals surface area contributed by atoms with Crippen LogP contribution in [0.15, 0.2) is 0 Å². The smallest absolute Gasteiger partial charge is 0.0826 e. The molecule has 1 N–H and O–H groups in total. The zero-order chi connectivity index (χ0) is 9.26. The standard InChI is InChI=1S/C10H19NOS/c1-7-5-11-10(13-6-7)9-4-3-8(2)12-9/h7-11H,3-6H2,1-2H3. The Kier molecular flexibility index (Phi) is 3.17. The van der Waals surface area contributed by atoms with Crippen molar-refractivity contribution in [2.45, 2.75) is 44.3 Å². The summed E-state index contributed by atoms with van der Waals surface area (Å²) in [5.74, 6) is 2.10. The predicted octanol–water partition coefficient (Wildman–Crippen LogP) is 1.85. The third kappa shape index (κ3) is 2.39. The van der Waals surface area contributed by atoms with Crippen LogP contribution in [0.5, 0.6) is 0 Å². The molecule has 4 unspecified atom stereocenters. The Labute approximate surface area is 84.8 Å². The minimum Gasteiger partial charge on any atom is -0.373 e. The van der Waals surface area contributed by atoms with Crippen LogP contribution < -0.4 is 5.32 Å². The molecule has 0 aromatic rings. The normalized spacial score (nSPS) is 46.6. The monoisotopic (exact) mass is 201 g/mol. The van der Waals surface area contributed by atoms with Crippen LogP contribution in [0.25, 0.3) is 0 Å². The molecule has 13 heavy (non-hydrogen) atoms. The van der Waals surface area contributed by atoms with Crippen molar-refractivity contribution in [2.24, 2.45) is 5.92 Å². The van der Waals surface area contributed by atoms with E-state index in [1.165, 1.54) is 18.6 Å². The molecule has 2 heterocycles. The fourth-order valence-corrected chi connectivity index (χ4v) is 3.28. The Hall–Kier alpha value is 0.270. The molecule has 0 bridgehead atoms. The zero-order valence-corrected chi connectivity index (χ0v) is 9.27. The second-order valence-electron chi connectivity index (χ2n) is 4.33. The fourth-order valence-electron chi connectivity index (χ4n) is 2.00. The summed E-state index contributed by atoms with van der Waals surface area (Å²) in [5, 5.41) is 4.13. The first-order chi connectivity index (χ1) is 6.25. The molecular weight excluding hydrogens is 182 g/mol. The molecule has 4 atom stereocenters. The Bertz CT molecular complexity index is 168. The van der Waals surface area contributed by atoms with Gasteiger partial charge in [-0.2, -0.15) is 0 Å². The van der Waals surface area contributed by atoms with Crippen LogP contribution in [0.2, 0.25) is 0 Å². The number of thioether (sulfide) groups is 1. The molecule has 0 saturated carbocycles. The maximum absolute atomic E-state index is 5.85. The zero-order valence-electron chi connectivity index (χ0n) is 8.45. The van der Waals surface area contributed by atoms with Gasteiger partial charge in [-0.1, -0.05) is 6.92 Å². The lowest BCUT2D eigenvalue weighted by atomic mass is 10.2. The Morgan fingerprint density at radius 1 is 1.31 bits per heavy atom. The molecule has 0 aliphatic carbocycles. The van der Waals surface area contributed by atoms with Crippen LogP contribution in [0, 0.1) is 5.92 Å². The summed E-state index contributed by atoms with van der Waals surface area (Å²) in [5.41, 5.74) is 0. The summed E-state index contributed by atoms with van der Waals surface area (Å²) in [6.45, 7) is 5.64. The van der Waals surface area contributed by atoms with Crippen molar-refractivity contribution in [1.82, 2.24) is 5.32 Å². The molecule has 76 valence electrons. The predicted molar refractivity (Wildman–Crippen MR) is 57.0 cm³/mol. The summed E-state index contributed by atoms with van der Waals surface area (Å²) in [6, 6.07) is 0. The van der Waals surface area contributed by atoms with Gasteiger partial charge >= 0.3 is 0 Å². The third-order valence-corrected chi connectivity index (χ3v) is 4.42. The van der Waals surface area contributed by atoms with Crippen molar-refractivity contribution in [2.75, 3.05) is 12.3 Å². The highest BCUT2D eigenvalue weighted by Crippen LogP contribution is 2.30. The molecular formula is C10H19NOS. The van der Waals surface area contributed by atoms with E-state index in [1.807, 2.05) is 11.8 Å². The molecule has 2 fully saturated rings. The summed E-state index contributed by atoms with van der Waals surface area (Å²) in [7, 11) is 0. The van der Waals surface area contributed by atoms with E-state index in [9.17, 15) is 0 Å². The maximum Gasteiger partial charge on any atom is 0.0826 e. The molecule has 0 spiro atoms. The quantitative estimate of drug-likeness (QED) is 0.699. The van der Waals surface area contributed by atoms with Crippen molar-refractivity contribution >= 4 is 11.8 Å². The summed E-state index contributed by atoms with van der Waals surface area (Å²) >= 11 is 2.03. The molecule has 0 aromatic carbocycles. The van der Waals surface area contributed by atoms with Crippen LogP contribution in [0.4, 0.5) is 0 Å². The number of nitrogens with one attached hydrogen (secondary N) is 1. The third-order valence-electron chi connectivity index (χ3n) is 2.83. The van der Waals surface area contributed by atoms with E-state index in [2.05, 4.69) is 19.2 Å². The van der Waals surface area contributed by atoms with Crippen LogP contribution in [-0.4, -0.2) is 29.9 Å². The van der Waals surface area contributed by atoms with Crippen molar-refractivity contribution in [3.63, 3.8) is 0 Å². The van der Waals surface area contributed by atoms with E-state index in [0.717, 1.165) is 12.5 Å². The molecule has 2 nitrogen and oxygen atoms in total. The molecule has 0 radical (unpaired) electrons. The average Bonchev–Trinajstić information content (AvgIpc) is 2.53. The summed E-state index contributed by atoms with van der Waals surface area (Å²) < 4.78 is 5.85. The number of hydrogen-bond donors (Lipinski definition) is 1. The Morgan fingerprint density at radius 2 is 2.15 bits per heavy atom. The largest absolute Gasteiger partial charge is 0.373 e. The highest BCUT2D eigenvalue weighted by atomic mass is 32.2.